The van der Waals surface area contributed by atoms with Crippen molar-refractivity contribution in [3.63, 3.8) is 0 Å². The Hall–Kier alpha value is -3.08. The van der Waals surface area contributed by atoms with Crippen LogP contribution in [0.15, 0.2) is 54.7 Å². The predicted molar refractivity (Wildman–Crippen MR) is 100 cm³/mol. The molecular formula is C20H21N3O2. The number of benzene rings is 2. The third-order valence-corrected chi connectivity index (χ3v) is 3.73. The van der Waals surface area contributed by atoms with Crippen molar-refractivity contribution >= 4 is 22.6 Å². The Kier molecular flexibility index (Phi) is 5.14. The van der Waals surface area contributed by atoms with Gasteiger partial charge in [0.2, 0.25) is 0 Å². The summed E-state index contributed by atoms with van der Waals surface area (Å²) >= 11 is 0. The van der Waals surface area contributed by atoms with Crippen molar-refractivity contribution in [1.29, 1.82) is 0 Å². The van der Waals surface area contributed by atoms with Gasteiger partial charge >= 0.3 is 6.03 Å². The first kappa shape index (κ1) is 16.8. The fourth-order valence-electron chi connectivity index (χ4n) is 2.72. The van der Waals surface area contributed by atoms with E-state index < -0.39 is 0 Å². The van der Waals surface area contributed by atoms with E-state index in [1.54, 1.807) is 6.20 Å². The predicted octanol–water partition coefficient (Wildman–Crippen LogP) is 4.05. The summed E-state index contributed by atoms with van der Waals surface area (Å²) in [6.45, 7) is 4.88. The highest BCUT2D eigenvalue weighted by Gasteiger charge is 2.06. The van der Waals surface area contributed by atoms with E-state index in [9.17, 15) is 4.79 Å². The molecule has 0 aliphatic carbocycles. The Morgan fingerprint density at radius 3 is 2.64 bits per heavy atom. The van der Waals surface area contributed by atoms with Crippen molar-refractivity contribution < 1.29 is 9.53 Å². The Morgan fingerprint density at radius 1 is 1.08 bits per heavy atom. The average molecular weight is 335 g/mol. The number of ether oxygens (including phenoxy) is 1. The fourth-order valence-corrected chi connectivity index (χ4v) is 2.72. The summed E-state index contributed by atoms with van der Waals surface area (Å²) in [6.07, 6.45) is 1.71. The molecule has 2 amide bonds. The van der Waals surface area contributed by atoms with E-state index in [1.807, 2.05) is 56.3 Å². The molecule has 5 heteroatoms. The van der Waals surface area contributed by atoms with Gasteiger partial charge in [0.15, 0.2) is 0 Å². The minimum atomic E-state index is -0.276. The van der Waals surface area contributed by atoms with E-state index in [-0.39, 0.29) is 6.03 Å². The van der Waals surface area contributed by atoms with Crippen LogP contribution in [0.2, 0.25) is 0 Å². The molecule has 128 valence electrons. The lowest BCUT2D eigenvalue weighted by Crippen LogP contribution is -2.32. The van der Waals surface area contributed by atoms with Gasteiger partial charge in [-0.2, -0.15) is 0 Å². The standard InChI is InChI=1S/C20H21N3O2/c1-14-11-15(2)13-17(12-14)25-10-9-22-20(24)23-18-7-3-5-16-6-4-8-21-19(16)18/h3-8,11-13H,9-10H2,1-2H3,(H2,22,23,24). The molecule has 1 heterocycles. The van der Waals surface area contributed by atoms with E-state index in [0.717, 1.165) is 27.8 Å². The van der Waals surface area contributed by atoms with Crippen LogP contribution in [-0.4, -0.2) is 24.2 Å². The number of carbonyl (C=O) groups excluding carboxylic acids is 1. The molecule has 2 aromatic carbocycles. The second kappa shape index (κ2) is 7.66. The summed E-state index contributed by atoms with van der Waals surface area (Å²) in [5.74, 6) is 0.818. The number of urea groups is 1. The molecule has 1 aromatic heterocycles. The molecule has 0 aliphatic heterocycles. The van der Waals surface area contributed by atoms with Crippen molar-refractivity contribution in [3.8, 4) is 5.75 Å². The molecule has 0 atom stereocenters. The molecule has 5 nitrogen and oxygen atoms in total. The SMILES string of the molecule is Cc1cc(C)cc(OCCNC(=O)Nc2cccc3cccnc23)c1. The molecule has 3 aromatic rings. The zero-order valence-electron chi connectivity index (χ0n) is 14.4. The fraction of sp³-hybridized carbons (Fsp3) is 0.200. The number of fused-ring (bicyclic) bond motifs is 1. The molecule has 0 unspecified atom stereocenters. The van der Waals surface area contributed by atoms with Gasteiger partial charge in [-0.3, -0.25) is 4.98 Å². The van der Waals surface area contributed by atoms with Crippen LogP contribution in [0.4, 0.5) is 10.5 Å². The summed E-state index contributed by atoms with van der Waals surface area (Å²) in [5.41, 5.74) is 3.77. The zero-order valence-corrected chi connectivity index (χ0v) is 14.4. The van der Waals surface area contributed by atoms with Gasteiger partial charge < -0.3 is 15.4 Å². The van der Waals surface area contributed by atoms with Crippen LogP contribution in [-0.2, 0) is 0 Å². The van der Waals surface area contributed by atoms with Gasteiger partial charge in [0.1, 0.15) is 12.4 Å². The van der Waals surface area contributed by atoms with Crippen molar-refractivity contribution in [3.05, 3.63) is 65.9 Å². The van der Waals surface area contributed by atoms with Crippen molar-refractivity contribution in [1.82, 2.24) is 10.3 Å². The highest BCUT2D eigenvalue weighted by Crippen LogP contribution is 2.20. The van der Waals surface area contributed by atoms with Crippen molar-refractivity contribution in [2.75, 3.05) is 18.5 Å². The number of para-hydroxylation sites is 1. The van der Waals surface area contributed by atoms with Crippen molar-refractivity contribution in [2.24, 2.45) is 0 Å². The number of nitrogens with zero attached hydrogens (tertiary/aromatic N) is 1. The maximum atomic E-state index is 12.1. The van der Waals surface area contributed by atoms with Crippen LogP contribution in [0.5, 0.6) is 5.75 Å². The van der Waals surface area contributed by atoms with Gasteiger partial charge in [-0.05, 0) is 49.2 Å². The summed E-state index contributed by atoms with van der Waals surface area (Å²) in [7, 11) is 0. The van der Waals surface area contributed by atoms with Gasteiger partial charge in [0.25, 0.3) is 0 Å². The monoisotopic (exact) mass is 335 g/mol. The van der Waals surface area contributed by atoms with E-state index in [0.29, 0.717) is 18.8 Å². The number of aromatic nitrogens is 1. The lowest BCUT2D eigenvalue weighted by atomic mass is 10.1. The Balaban J connectivity index is 1.51. The minimum Gasteiger partial charge on any atom is -0.492 e. The smallest absolute Gasteiger partial charge is 0.319 e. The Bertz CT molecular complexity index is 867. The van der Waals surface area contributed by atoms with E-state index in [1.165, 1.54) is 0 Å². The number of rotatable bonds is 5. The second-order valence-electron chi connectivity index (χ2n) is 5.93. The lowest BCUT2D eigenvalue weighted by molar-refractivity contribution is 0.247. The third-order valence-electron chi connectivity index (χ3n) is 3.73. The van der Waals surface area contributed by atoms with Gasteiger partial charge in [-0.15, -0.1) is 0 Å². The lowest BCUT2D eigenvalue weighted by Gasteiger charge is -2.11. The van der Waals surface area contributed by atoms with Crippen LogP contribution in [0, 0.1) is 13.8 Å². The Morgan fingerprint density at radius 2 is 1.84 bits per heavy atom. The molecule has 0 spiro atoms. The average Bonchev–Trinajstić information content (AvgIpc) is 2.58. The first-order chi connectivity index (χ1) is 12.1. The van der Waals surface area contributed by atoms with Gasteiger partial charge in [-0.1, -0.05) is 24.3 Å². The molecule has 0 saturated heterocycles. The largest absolute Gasteiger partial charge is 0.492 e. The van der Waals surface area contributed by atoms with Crippen molar-refractivity contribution in [2.45, 2.75) is 13.8 Å². The number of carbonyl (C=O) groups is 1. The molecular weight excluding hydrogens is 314 g/mol. The first-order valence-electron chi connectivity index (χ1n) is 8.21. The van der Waals surface area contributed by atoms with Gasteiger partial charge in [0.05, 0.1) is 17.7 Å². The van der Waals surface area contributed by atoms with Crippen LogP contribution in [0.1, 0.15) is 11.1 Å². The highest BCUT2D eigenvalue weighted by molar-refractivity contribution is 5.99. The van der Waals surface area contributed by atoms with Gasteiger partial charge in [-0.25, -0.2) is 4.79 Å². The quantitative estimate of drug-likeness (QED) is 0.691. The summed E-state index contributed by atoms with van der Waals surface area (Å²) in [4.78, 5) is 16.4. The number of nitrogens with one attached hydrogen (secondary N) is 2. The molecule has 0 saturated carbocycles. The number of anilines is 1. The van der Waals surface area contributed by atoms with Gasteiger partial charge in [0, 0.05) is 11.6 Å². The maximum Gasteiger partial charge on any atom is 0.319 e. The topological polar surface area (TPSA) is 63.2 Å². The number of aryl methyl sites for hydroxylation is 2. The maximum absolute atomic E-state index is 12.1. The molecule has 0 fully saturated rings. The van der Waals surface area contributed by atoms with Crippen LogP contribution in [0.3, 0.4) is 0 Å². The van der Waals surface area contributed by atoms with E-state index >= 15 is 0 Å². The van der Waals surface area contributed by atoms with Crippen LogP contribution in [0.25, 0.3) is 10.9 Å². The highest BCUT2D eigenvalue weighted by atomic mass is 16.5. The molecule has 2 N–H and O–H groups in total. The molecule has 0 aliphatic rings. The van der Waals surface area contributed by atoms with Crippen LogP contribution >= 0.6 is 0 Å². The first-order valence-corrected chi connectivity index (χ1v) is 8.21. The van der Waals surface area contributed by atoms with E-state index in [4.69, 9.17) is 4.74 Å². The number of pyridine rings is 1. The normalized spacial score (nSPS) is 10.5. The summed E-state index contributed by atoms with van der Waals surface area (Å²) in [6, 6.07) is 15.3. The molecule has 0 bridgehead atoms. The molecule has 0 radical (unpaired) electrons. The second-order valence-corrected chi connectivity index (χ2v) is 5.93. The minimum absolute atomic E-state index is 0.276. The van der Waals surface area contributed by atoms with E-state index in [2.05, 4.69) is 21.7 Å². The zero-order chi connectivity index (χ0) is 17.6. The number of hydrogen-bond donors (Lipinski definition) is 2. The number of amides is 2. The molecule has 3 rings (SSSR count). The van der Waals surface area contributed by atoms with Crippen LogP contribution < -0.4 is 15.4 Å². The summed E-state index contributed by atoms with van der Waals surface area (Å²) in [5, 5.41) is 6.61. The summed E-state index contributed by atoms with van der Waals surface area (Å²) < 4.78 is 5.68. The third kappa shape index (κ3) is 4.47. The Labute approximate surface area is 147 Å². The molecule has 25 heavy (non-hydrogen) atoms. The number of hydrogen-bond acceptors (Lipinski definition) is 3.